The zero-order valence-corrected chi connectivity index (χ0v) is 20.7. The molecule has 2 heterocycles. The molecule has 1 atom stereocenters. The summed E-state index contributed by atoms with van der Waals surface area (Å²) in [7, 11) is 0. The van der Waals surface area contributed by atoms with Crippen molar-refractivity contribution in [3.63, 3.8) is 0 Å². The van der Waals surface area contributed by atoms with E-state index in [1.807, 2.05) is 36.6 Å². The first-order chi connectivity index (χ1) is 16.5. The molecule has 34 heavy (non-hydrogen) atoms. The molecule has 6 nitrogen and oxygen atoms in total. The lowest BCUT2D eigenvalue weighted by Gasteiger charge is -2.29. The van der Waals surface area contributed by atoms with Gasteiger partial charge in [-0.25, -0.2) is 9.78 Å². The van der Waals surface area contributed by atoms with E-state index in [1.165, 1.54) is 22.6 Å². The maximum absolute atomic E-state index is 12.4. The highest BCUT2D eigenvalue weighted by Crippen LogP contribution is 2.34. The first-order valence-corrected chi connectivity index (χ1v) is 12.5. The molecule has 4 rings (SSSR count). The lowest BCUT2D eigenvalue weighted by molar-refractivity contribution is 0.252. The Hall–Kier alpha value is -3.05. The van der Waals surface area contributed by atoms with Crippen LogP contribution in [0.5, 0.6) is 0 Å². The largest absolute Gasteiger partial charge is 0.369 e. The van der Waals surface area contributed by atoms with Crippen molar-refractivity contribution in [2.75, 3.05) is 42.9 Å². The van der Waals surface area contributed by atoms with E-state index >= 15 is 0 Å². The summed E-state index contributed by atoms with van der Waals surface area (Å²) < 4.78 is 0. The fraction of sp³-hybridized carbons (Fsp3) is 0.308. The monoisotopic (exact) mass is 493 g/mol. The second-order valence-electron chi connectivity index (χ2n) is 8.35. The molecular weight excluding hydrogens is 466 g/mol. The fourth-order valence-electron chi connectivity index (χ4n) is 3.91. The molecule has 1 aliphatic heterocycles. The molecule has 1 aromatic heterocycles. The molecular formula is C26H28ClN5OS. The number of thiazole rings is 1. The summed E-state index contributed by atoms with van der Waals surface area (Å²) in [5.74, 6) is 2.84. The summed E-state index contributed by atoms with van der Waals surface area (Å²) in [6.07, 6.45) is 6.62. The molecule has 0 spiro atoms. The number of urea groups is 1. The van der Waals surface area contributed by atoms with E-state index in [2.05, 4.69) is 56.0 Å². The number of carbonyl (C=O) groups excluding carboxylic acids is 1. The Kier molecular flexibility index (Phi) is 7.73. The van der Waals surface area contributed by atoms with Gasteiger partial charge in [-0.3, -0.25) is 5.32 Å². The van der Waals surface area contributed by atoms with Crippen LogP contribution in [0.2, 0.25) is 5.02 Å². The minimum Gasteiger partial charge on any atom is -0.369 e. The molecule has 3 aromatic rings. The van der Waals surface area contributed by atoms with Crippen molar-refractivity contribution < 1.29 is 4.79 Å². The number of amides is 2. The van der Waals surface area contributed by atoms with E-state index in [9.17, 15) is 4.79 Å². The maximum atomic E-state index is 12.4. The van der Waals surface area contributed by atoms with Crippen molar-refractivity contribution in [2.24, 2.45) is 0 Å². The molecule has 0 bridgehead atoms. The van der Waals surface area contributed by atoms with Crippen molar-refractivity contribution >= 4 is 39.8 Å². The number of hydrogen-bond acceptors (Lipinski definition) is 5. The number of carbonyl (C=O) groups is 1. The molecule has 1 unspecified atom stereocenters. The van der Waals surface area contributed by atoms with Crippen molar-refractivity contribution in [1.29, 1.82) is 0 Å². The smallest absolute Gasteiger partial charge is 0.321 e. The SMILES string of the molecule is C#CC(C)(c1ccc(Cl)cc1)c1csc(NC(=O)NCCc2ccc(N3CCNCC3)cc2)n1. The van der Waals surface area contributed by atoms with Gasteiger partial charge in [-0.05, 0) is 48.7 Å². The Morgan fingerprint density at radius 1 is 1.21 bits per heavy atom. The van der Waals surface area contributed by atoms with Crippen LogP contribution in [0.3, 0.4) is 0 Å². The molecule has 2 amide bonds. The van der Waals surface area contributed by atoms with Gasteiger partial charge in [0, 0.05) is 48.8 Å². The third-order valence-corrected chi connectivity index (χ3v) is 7.07. The van der Waals surface area contributed by atoms with E-state index in [1.54, 1.807) is 0 Å². The van der Waals surface area contributed by atoms with Crippen LogP contribution in [-0.2, 0) is 11.8 Å². The predicted octanol–water partition coefficient (Wildman–Crippen LogP) is 4.51. The highest BCUT2D eigenvalue weighted by atomic mass is 35.5. The highest BCUT2D eigenvalue weighted by Gasteiger charge is 2.29. The van der Waals surface area contributed by atoms with Crippen molar-refractivity contribution in [3.05, 3.63) is 75.8 Å². The average molecular weight is 494 g/mol. The zero-order valence-electron chi connectivity index (χ0n) is 19.1. The van der Waals surface area contributed by atoms with Crippen molar-refractivity contribution in [2.45, 2.75) is 18.8 Å². The van der Waals surface area contributed by atoms with Gasteiger partial charge in [-0.1, -0.05) is 41.8 Å². The first-order valence-electron chi connectivity index (χ1n) is 11.3. The maximum Gasteiger partial charge on any atom is 0.321 e. The summed E-state index contributed by atoms with van der Waals surface area (Å²) in [5.41, 5.74) is 3.34. The Balaban J connectivity index is 1.28. The van der Waals surface area contributed by atoms with Gasteiger partial charge in [0.15, 0.2) is 5.13 Å². The third-order valence-electron chi connectivity index (χ3n) is 6.06. The summed E-state index contributed by atoms with van der Waals surface area (Å²) in [6.45, 7) is 6.56. The topological polar surface area (TPSA) is 69.3 Å². The Morgan fingerprint density at radius 2 is 1.91 bits per heavy atom. The fourth-order valence-corrected chi connectivity index (χ4v) is 4.85. The first kappa shape index (κ1) is 24.1. The third kappa shape index (κ3) is 5.71. The Labute approximate surface area is 209 Å². The van der Waals surface area contributed by atoms with E-state index < -0.39 is 5.41 Å². The number of halogens is 1. The minimum atomic E-state index is -0.714. The minimum absolute atomic E-state index is 0.285. The van der Waals surface area contributed by atoms with Crippen LogP contribution in [0.15, 0.2) is 53.9 Å². The molecule has 0 aliphatic carbocycles. The van der Waals surface area contributed by atoms with Crippen molar-refractivity contribution in [1.82, 2.24) is 15.6 Å². The van der Waals surface area contributed by atoms with E-state index in [0.29, 0.717) is 22.4 Å². The van der Waals surface area contributed by atoms with Gasteiger partial charge >= 0.3 is 6.03 Å². The lowest BCUT2D eigenvalue weighted by atomic mass is 9.81. The number of terminal acetylenes is 1. The molecule has 3 N–H and O–H groups in total. The second-order valence-corrected chi connectivity index (χ2v) is 9.64. The number of aromatic nitrogens is 1. The zero-order chi connectivity index (χ0) is 24.0. The molecule has 1 fully saturated rings. The summed E-state index contributed by atoms with van der Waals surface area (Å²) >= 11 is 7.36. The van der Waals surface area contributed by atoms with Gasteiger partial charge in [0.25, 0.3) is 0 Å². The van der Waals surface area contributed by atoms with Gasteiger partial charge in [-0.2, -0.15) is 0 Å². The van der Waals surface area contributed by atoms with Gasteiger partial charge in [-0.15, -0.1) is 17.8 Å². The van der Waals surface area contributed by atoms with Crippen LogP contribution in [0.1, 0.15) is 23.7 Å². The van der Waals surface area contributed by atoms with Gasteiger partial charge < -0.3 is 15.5 Å². The average Bonchev–Trinajstić information content (AvgIpc) is 3.34. The number of rotatable bonds is 7. The molecule has 1 aliphatic rings. The molecule has 0 radical (unpaired) electrons. The van der Waals surface area contributed by atoms with E-state index in [0.717, 1.165) is 38.2 Å². The summed E-state index contributed by atoms with van der Waals surface area (Å²) in [6, 6.07) is 15.7. The van der Waals surface area contributed by atoms with Gasteiger partial charge in [0.2, 0.25) is 0 Å². The quantitative estimate of drug-likeness (QED) is 0.423. The van der Waals surface area contributed by atoms with Gasteiger partial charge in [0.1, 0.15) is 0 Å². The van der Waals surface area contributed by atoms with Crippen LogP contribution in [-0.4, -0.2) is 43.7 Å². The van der Waals surface area contributed by atoms with Crippen LogP contribution in [0, 0.1) is 12.3 Å². The van der Waals surface area contributed by atoms with Crippen LogP contribution >= 0.6 is 22.9 Å². The van der Waals surface area contributed by atoms with Gasteiger partial charge in [0.05, 0.1) is 11.1 Å². The number of nitrogens with one attached hydrogen (secondary N) is 3. The highest BCUT2D eigenvalue weighted by molar-refractivity contribution is 7.14. The molecule has 2 aromatic carbocycles. The Bertz CT molecular complexity index is 1150. The normalized spacial score (nSPS) is 15.3. The summed E-state index contributed by atoms with van der Waals surface area (Å²) in [5, 5.41) is 12.1. The Morgan fingerprint density at radius 3 is 2.59 bits per heavy atom. The van der Waals surface area contributed by atoms with E-state index in [-0.39, 0.29) is 6.03 Å². The molecule has 176 valence electrons. The van der Waals surface area contributed by atoms with Crippen LogP contribution < -0.4 is 20.9 Å². The number of piperazine rings is 1. The molecule has 8 heteroatoms. The number of nitrogens with zero attached hydrogens (tertiary/aromatic N) is 2. The summed E-state index contributed by atoms with van der Waals surface area (Å²) in [4.78, 5) is 19.3. The second kappa shape index (κ2) is 10.9. The standard InChI is InChI=1S/C26H28ClN5OS/c1-3-26(2,20-6-8-21(27)9-7-20)23-18-34-25(30-23)31-24(33)29-13-12-19-4-10-22(11-5-19)32-16-14-28-15-17-32/h1,4-11,18,28H,12-17H2,2H3,(H2,29,30,31,33). The number of benzene rings is 2. The molecule has 0 saturated carbocycles. The van der Waals surface area contributed by atoms with Crippen molar-refractivity contribution in [3.8, 4) is 12.3 Å². The van der Waals surface area contributed by atoms with Crippen LogP contribution in [0.25, 0.3) is 0 Å². The lowest BCUT2D eigenvalue weighted by Crippen LogP contribution is -2.43. The number of anilines is 2. The van der Waals surface area contributed by atoms with Crippen LogP contribution in [0.4, 0.5) is 15.6 Å². The predicted molar refractivity (Wildman–Crippen MR) is 141 cm³/mol. The molecule has 1 saturated heterocycles. The number of hydrogen-bond donors (Lipinski definition) is 3. The van der Waals surface area contributed by atoms with E-state index in [4.69, 9.17) is 18.0 Å².